The Bertz CT molecular complexity index is 2130. The largest absolute Gasteiger partial charge is 0.467 e. The first-order valence-electron chi connectivity index (χ1n) is 23.5. The van der Waals surface area contributed by atoms with Crippen LogP contribution < -0.4 is 31.9 Å². The zero-order valence-corrected chi connectivity index (χ0v) is 42.3. The van der Waals surface area contributed by atoms with Gasteiger partial charge in [-0.05, 0) is 106 Å². The lowest BCUT2D eigenvalue weighted by Gasteiger charge is -2.41. The highest BCUT2D eigenvalue weighted by atomic mass is 16.6. The van der Waals surface area contributed by atoms with Crippen LogP contribution in [-0.4, -0.2) is 120 Å². The maximum atomic E-state index is 14.4. The summed E-state index contributed by atoms with van der Waals surface area (Å²) in [5, 5.41) is 16.3. The Hall–Kier alpha value is -6.84. The van der Waals surface area contributed by atoms with E-state index in [1.807, 2.05) is 0 Å². The number of likely N-dealkylation sites (tertiary alicyclic amines) is 1. The Morgan fingerprint density at radius 3 is 1.76 bits per heavy atom. The minimum Gasteiger partial charge on any atom is -0.467 e. The summed E-state index contributed by atoms with van der Waals surface area (Å²) in [5.74, 6) is -0.910. The van der Waals surface area contributed by atoms with Crippen molar-refractivity contribution in [1.29, 1.82) is 0 Å². The quantitative estimate of drug-likeness (QED) is 0.0438. The molecular formula is C51H73N7O12. The Labute approximate surface area is 412 Å². The summed E-state index contributed by atoms with van der Waals surface area (Å²) in [6, 6.07) is 13.1. The van der Waals surface area contributed by atoms with Gasteiger partial charge in [0, 0.05) is 32.5 Å². The van der Waals surface area contributed by atoms with E-state index in [1.54, 1.807) is 123 Å². The molecule has 3 rings (SSSR count). The van der Waals surface area contributed by atoms with Crippen LogP contribution in [0.2, 0.25) is 0 Å². The van der Waals surface area contributed by atoms with Crippen molar-refractivity contribution in [3.8, 4) is 12.3 Å². The van der Waals surface area contributed by atoms with Gasteiger partial charge in [-0.3, -0.25) is 19.2 Å². The molecule has 384 valence electrons. The van der Waals surface area contributed by atoms with E-state index in [0.29, 0.717) is 24.0 Å². The molecule has 0 aliphatic carbocycles. The van der Waals surface area contributed by atoms with E-state index < -0.39 is 94.4 Å². The standard InChI is InChI=1S/C51H73N7O12/c1-12-21-36(54-42(61)39(32-34-22-15-13-16-23-34)53-40(59)33-38(35-24-17-14-18-25-35)56-46(65)69-49(5,6)7)41(60)55-37(26-19-20-29-52-45(64)68-48(2,3)4)43(62)58-30-27-51(28-31-58,44(63)67-11)57-47(66)70-50(8,9)10/h1,13-18,22-25,36-39H,19-21,26-33H2,2-11H3,(H,52,64)(H,53,59)(H,54,61)(H,55,60)(H,56,65)(H,57,66). The Balaban J connectivity index is 1.86. The molecule has 6 N–H and O–H groups in total. The highest BCUT2D eigenvalue weighted by molar-refractivity contribution is 5.95. The highest BCUT2D eigenvalue weighted by Crippen LogP contribution is 2.26. The lowest BCUT2D eigenvalue weighted by Crippen LogP contribution is -2.63. The predicted molar refractivity (Wildman–Crippen MR) is 261 cm³/mol. The summed E-state index contributed by atoms with van der Waals surface area (Å²) in [6.07, 6.45) is 3.78. The third kappa shape index (κ3) is 20.4. The number of rotatable bonds is 20. The second kappa shape index (κ2) is 26.2. The molecule has 19 nitrogen and oxygen atoms in total. The van der Waals surface area contributed by atoms with Crippen molar-refractivity contribution in [3.63, 3.8) is 0 Å². The van der Waals surface area contributed by atoms with Crippen LogP contribution in [0, 0.1) is 12.3 Å². The molecular weight excluding hydrogens is 903 g/mol. The van der Waals surface area contributed by atoms with Crippen LogP contribution >= 0.6 is 0 Å². The predicted octanol–water partition coefficient (Wildman–Crippen LogP) is 5.12. The van der Waals surface area contributed by atoms with E-state index in [1.165, 1.54) is 12.0 Å². The first kappa shape index (κ1) is 57.5. The van der Waals surface area contributed by atoms with Gasteiger partial charge < -0.3 is 55.7 Å². The summed E-state index contributed by atoms with van der Waals surface area (Å²) in [7, 11) is 1.19. The molecule has 2 aromatic rings. The maximum Gasteiger partial charge on any atom is 0.408 e. The molecule has 0 bridgehead atoms. The van der Waals surface area contributed by atoms with Crippen molar-refractivity contribution in [2.45, 2.75) is 160 Å². The van der Waals surface area contributed by atoms with Crippen LogP contribution in [0.4, 0.5) is 14.4 Å². The van der Waals surface area contributed by atoms with Crippen molar-refractivity contribution in [3.05, 3.63) is 71.8 Å². The van der Waals surface area contributed by atoms with Crippen molar-refractivity contribution in [2.24, 2.45) is 0 Å². The summed E-state index contributed by atoms with van der Waals surface area (Å²) in [6.45, 7) is 15.6. The fourth-order valence-electron chi connectivity index (χ4n) is 7.40. The number of carbonyl (C=O) groups is 8. The molecule has 1 saturated heterocycles. The van der Waals surface area contributed by atoms with Crippen LogP contribution in [-0.2, 0) is 49.3 Å². The van der Waals surface area contributed by atoms with Crippen LogP contribution in [0.1, 0.15) is 124 Å². The van der Waals surface area contributed by atoms with E-state index in [0.717, 1.165) is 0 Å². The van der Waals surface area contributed by atoms with E-state index in [2.05, 4.69) is 37.8 Å². The molecule has 1 aliphatic heterocycles. The van der Waals surface area contributed by atoms with Gasteiger partial charge in [0.2, 0.25) is 23.6 Å². The molecule has 0 aromatic heterocycles. The molecule has 0 radical (unpaired) electrons. The van der Waals surface area contributed by atoms with Gasteiger partial charge >= 0.3 is 24.2 Å². The first-order chi connectivity index (χ1) is 32.7. The number of hydrogen-bond acceptors (Lipinski definition) is 12. The number of amides is 7. The van der Waals surface area contributed by atoms with Gasteiger partial charge in [0.1, 0.15) is 40.5 Å². The van der Waals surface area contributed by atoms with Crippen LogP contribution in [0.25, 0.3) is 0 Å². The van der Waals surface area contributed by atoms with E-state index in [-0.39, 0.29) is 58.2 Å². The van der Waals surface area contributed by atoms with Crippen molar-refractivity contribution in [1.82, 2.24) is 36.8 Å². The van der Waals surface area contributed by atoms with E-state index in [4.69, 9.17) is 25.4 Å². The Kier molecular flexibility index (Phi) is 21.5. The normalized spacial score (nSPS) is 15.2. The monoisotopic (exact) mass is 976 g/mol. The Morgan fingerprint density at radius 1 is 0.671 bits per heavy atom. The number of carbonyl (C=O) groups excluding carboxylic acids is 8. The van der Waals surface area contributed by atoms with Gasteiger partial charge in [-0.15, -0.1) is 12.3 Å². The molecule has 1 fully saturated rings. The van der Waals surface area contributed by atoms with Gasteiger partial charge in [-0.25, -0.2) is 19.2 Å². The second-order valence-corrected chi connectivity index (χ2v) is 20.1. The number of benzene rings is 2. The SMILES string of the molecule is C#CCC(NC(=O)C(Cc1ccccc1)NC(=O)CC(NC(=O)OC(C)(C)C)c1ccccc1)C(=O)NC(CCCCNC(=O)OC(C)(C)C)C(=O)N1CCC(NC(=O)OC(C)(C)C)(C(=O)OC)CC1. The molecule has 0 saturated carbocycles. The van der Waals surface area contributed by atoms with Gasteiger partial charge in [-0.2, -0.15) is 0 Å². The zero-order valence-electron chi connectivity index (χ0n) is 42.3. The molecule has 70 heavy (non-hydrogen) atoms. The molecule has 1 heterocycles. The summed E-state index contributed by atoms with van der Waals surface area (Å²) in [4.78, 5) is 109. The van der Waals surface area contributed by atoms with Gasteiger partial charge in [0.15, 0.2) is 0 Å². The number of terminal acetylenes is 1. The fourth-order valence-corrected chi connectivity index (χ4v) is 7.40. The van der Waals surface area contributed by atoms with Crippen LogP contribution in [0.5, 0.6) is 0 Å². The minimum atomic E-state index is -1.50. The van der Waals surface area contributed by atoms with E-state index >= 15 is 0 Å². The summed E-state index contributed by atoms with van der Waals surface area (Å²) >= 11 is 0. The number of nitrogens with zero attached hydrogens (tertiary/aromatic N) is 1. The lowest BCUT2D eigenvalue weighted by atomic mass is 9.87. The Morgan fingerprint density at radius 2 is 1.20 bits per heavy atom. The van der Waals surface area contributed by atoms with Crippen molar-refractivity contribution < 1.29 is 57.3 Å². The highest BCUT2D eigenvalue weighted by Gasteiger charge is 2.46. The number of esters is 1. The number of hydrogen-bond donors (Lipinski definition) is 6. The van der Waals surface area contributed by atoms with Crippen LogP contribution in [0.3, 0.4) is 0 Å². The number of nitrogens with one attached hydrogen (secondary N) is 6. The summed E-state index contributed by atoms with van der Waals surface area (Å²) < 4.78 is 21.2. The number of methoxy groups -OCH3 is 1. The number of piperidine rings is 1. The molecule has 4 unspecified atom stereocenters. The molecule has 0 spiro atoms. The fraction of sp³-hybridized carbons (Fsp3) is 0.569. The molecule has 4 atom stereocenters. The van der Waals surface area contributed by atoms with Crippen molar-refractivity contribution in [2.75, 3.05) is 26.7 Å². The third-order valence-electron chi connectivity index (χ3n) is 10.6. The topological polar surface area (TPSA) is 249 Å². The molecule has 7 amide bonds. The average Bonchev–Trinajstić information content (AvgIpc) is 3.26. The zero-order chi connectivity index (χ0) is 52.3. The van der Waals surface area contributed by atoms with Crippen LogP contribution in [0.15, 0.2) is 60.7 Å². The maximum absolute atomic E-state index is 14.4. The molecule has 2 aromatic carbocycles. The number of alkyl carbamates (subject to hydrolysis) is 3. The van der Waals surface area contributed by atoms with Gasteiger partial charge in [0.05, 0.1) is 19.6 Å². The smallest absolute Gasteiger partial charge is 0.408 e. The van der Waals surface area contributed by atoms with E-state index in [9.17, 15) is 38.4 Å². The molecule has 1 aliphatic rings. The van der Waals surface area contributed by atoms with Gasteiger partial charge in [0.25, 0.3) is 0 Å². The lowest BCUT2D eigenvalue weighted by molar-refractivity contribution is -0.153. The minimum absolute atomic E-state index is 0.0138. The number of ether oxygens (including phenoxy) is 4. The second-order valence-electron chi connectivity index (χ2n) is 20.1. The first-order valence-corrected chi connectivity index (χ1v) is 23.5. The van der Waals surface area contributed by atoms with Crippen molar-refractivity contribution >= 4 is 47.9 Å². The number of unbranched alkanes of at least 4 members (excludes halogenated alkanes) is 1. The van der Waals surface area contributed by atoms with Gasteiger partial charge in [-0.1, -0.05) is 60.7 Å². The summed E-state index contributed by atoms with van der Waals surface area (Å²) in [5.41, 5.74) is -2.56. The molecule has 19 heteroatoms. The third-order valence-corrected chi connectivity index (χ3v) is 10.6. The average molecular weight is 976 g/mol.